The summed E-state index contributed by atoms with van der Waals surface area (Å²) >= 11 is 0. The van der Waals surface area contributed by atoms with Gasteiger partial charge in [0, 0.05) is 13.1 Å². The van der Waals surface area contributed by atoms with Crippen molar-refractivity contribution in [3.05, 3.63) is 30.3 Å². The van der Waals surface area contributed by atoms with Crippen LogP contribution in [0.25, 0.3) is 11.0 Å². The van der Waals surface area contributed by atoms with Gasteiger partial charge in [0.05, 0.1) is 17.4 Å². The van der Waals surface area contributed by atoms with Gasteiger partial charge in [0.2, 0.25) is 0 Å². The Labute approximate surface area is 63.3 Å². The lowest BCUT2D eigenvalue weighted by Gasteiger charge is -1.92. The molecule has 0 bridgehead atoms. The molecule has 0 atom stereocenters. The van der Waals surface area contributed by atoms with Crippen LogP contribution < -0.4 is 0 Å². The van der Waals surface area contributed by atoms with Crippen LogP contribution in [0.15, 0.2) is 24.5 Å². The van der Waals surface area contributed by atoms with E-state index >= 15 is 0 Å². The highest BCUT2D eigenvalue weighted by molar-refractivity contribution is 5.74. The van der Waals surface area contributed by atoms with Crippen molar-refractivity contribution in [2.45, 2.75) is 0 Å². The van der Waals surface area contributed by atoms with Gasteiger partial charge in [-0.2, -0.15) is 0 Å². The Morgan fingerprint density at radius 1 is 1.45 bits per heavy atom. The quantitative estimate of drug-likeness (QED) is 0.559. The highest BCUT2D eigenvalue weighted by atomic mass is 19.1. The molecule has 0 aliphatic carbocycles. The maximum Gasteiger partial charge on any atom is 0.125 e. The number of hydrogen-bond donors (Lipinski definition) is 0. The van der Waals surface area contributed by atoms with Crippen LogP contribution in [0.2, 0.25) is 0 Å². The van der Waals surface area contributed by atoms with E-state index in [0.29, 0.717) is 5.52 Å². The van der Waals surface area contributed by atoms with E-state index in [9.17, 15) is 4.39 Å². The van der Waals surface area contributed by atoms with E-state index in [1.54, 1.807) is 12.4 Å². The van der Waals surface area contributed by atoms with Crippen LogP contribution in [-0.4, -0.2) is 9.55 Å². The second-order valence-electron chi connectivity index (χ2n) is 2.49. The molecule has 0 aliphatic rings. The van der Waals surface area contributed by atoms with Crippen LogP contribution in [0.4, 0.5) is 4.39 Å². The zero-order valence-electron chi connectivity index (χ0n) is 6.08. The zero-order valence-corrected chi connectivity index (χ0v) is 6.08. The Bertz CT molecular complexity index is 392. The van der Waals surface area contributed by atoms with Gasteiger partial charge in [0.15, 0.2) is 0 Å². The Morgan fingerprint density at radius 2 is 2.27 bits per heavy atom. The predicted octanol–water partition coefficient (Wildman–Crippen LogP) is 1.71. The molecule has 0 N–H and O–H groups in total. The third-order valence-corrected chi connectivity index (χ3v) is 1.69. The SMILES string of the molecule is Cn1cnc2cc(F)ccc21. The predicted molar refractivity (Wildman–Crippen MR) is 40.7 cm³/mol. The lowest BCUT2D eigenvalue weighted by atomic mass is 10.3. The molecule has 2 rings (SSSR count). The van der Waals surface area contributed by atoms with E-state index in [2.05, 4.69) is 4.98 Å². The van der Waals surface area contributed by atoms with Crippen LogP contribution in [0.5, 0.6) is 0 Å². The van der Waals surface area contributed by atoms with E-state index in [4.69, 9.17) is 0 Å². The molecule has 0 unspecified atom stereocenters. The minimum atomic E-state index is -0.240. The van der Waals surface area contributed by atoms with E-state index in [-0.39, 0.29) is 5.82 Å². The molecule has 0 aliphatic heterocycles. The fraction of sp³-hybridized carbons (Fsp3) is 0.125. The van der Waals surface area contributed by atoms with Gasteiger partial charge >= 0.3 is 0 Å². The first-order valence-electron chi connectivity index (χ1n) is 3.34. The standard InChI is InChI=1S/C8H7FN2/c1-11-5-10-7-4-6(9)2-3-8(7)11/h2-5H,1H3. The van der Waals surface area contributed by atoms with Crippen LogP contribution in [0.1, 0.15) is 0 Å². The summed E-state index contributed by atoms with van der Waals surface area (Å²) < 4.78 is 14.5. The van der Waals surface area contributed by atoms with Crippen LogP contribution in [0, 0.1) is 5.82 Å². The van der Waals surface area contributed by atoms with Crippen LogP contribution in [0.3, 0.4) is 0 Å². The lowest BCUT2D eigenvalue weighted by Crippen LogP contribution is -1.83. The molecule has 1 aromatic carbocycles. The van der Waals surface area contributed by atoms with Gasteiger partial charge in [-0.1, -0.05) is 0 Å². The summed E-state index contributed by atoms with van der Waals surface area (Å²) in [4.78, 5) is 4.00. The van der Waals surface area contributed by atoms with Crippen molar-refractivity contribution in [2.75, 3.05) is 0 Å². The van der Waals surface area contributed by atoms with E-state index in [0.717, 1.165) is 5.52 Å². The first-order chi connectivity index (χ1) is 5.27. The largest absolute Gasteiger partial charge is 0.334 e. The number of nitrogens with zero attached hydrogens (tertiary/aromatic N) is 2. The number of halogens is 1. The maximum absolute atomic E-state index is 12.6. The third-order valence-electron chi connectivity index (χ3n) is 1.69. The number of fused-ring (bicyclic) bond motifs is 1. The van der Waals surface area contributed by atoms with E-state index < -0.39 is 0 Å². The van der Waals surface area contributed by atoms with Crippen molar-refractivity contribution in [3.8, 4) is 0 Å². The smallest absolute Gasteiger partial charge is 0.125 e. The number of aryl methyl sites for hydroxylation is 1. The Balaban J connectivity index is 2.86. The average Bonchev–Trinajstić information content (AvgIpc) is 2.32. The molecule has 11 heavy (non-hydrogen) atoms. The van der Waals surface area contributed by atoms with Gasteiger partial charge in [-0.25, -0.2) is 9.37 Å². The summed E-state index contributed by atoms with van der Waals surface area (Å²) in [6, 6.07) is 4.58. The molecule has 3 heteroatoms. The number of hydrogen-bond acceptors (Lipinski definition) is 1. The fourth-order valence-corrected chi connectivity index (χ4v) is 1.11. The molecule has 2 nitrogen and oxygen atoms in total. The Morgan fingerprint density at radius 3 is 3.09 bits per heavy atom. The van der Waals surface area contributed by atoms with Gasteiger partial charge < -0.3 is 4.57 Å². The summed E-state index contributed by atoms with van der Waals surface area (Å²) in [5.41, 5.74) is 1.65. The minimum absolute atomic E-state index is 0.240. The maximum atomic E-state index is 12.6. The average molecular weight is 150 g/mol. The van der Waals surface area contributed by atoms with Crippen molar-refractivity contribution >= 4 is 11.0 Å². The monoisotopic (exact) mass is 150 g/mol. The molecule has 1 aromatic heterocycles. The van der Waals surface area contributed by atoms with Gasteiger partial charge in [-0.3, -0.25) is 0 Å². The molecular weight excluding hydrogens is 143 g/mol. The molecule has 56 valence electrons. The van der Waals surface area contributed by atoms with Crippen molar-refractivity contribution in [1.82, 2.24) is 9.55 Å². The Kier molecular flexibility index (Phi) is 1.18. The van der Waals surface area contributed by atoms with Gasteiger partial charge in [0.1, 0.15) is 5.82 Å². The molecular formula is C8H7FN2. The van der Waals surface area contributed by atoms with Gasteiger partial charge in [-0.15, -0.1) is 0 Å². The summed E-state index contributed by atoms with van der Waals surface area (Å²) in [5, 5.41) is 0. The van der Waals surface area contributed by atoms with Crippen molar-refractivity contribution < 1.29 is 4.39 Å². The van der Waals surface area contributed by atoms with Gasteiger partial charge in [-0.05, 0) is 12.1 Å². The van der Waals surface area contributed by atoms with Gasteiger partial charge in [0.25, 0.3) is 0 Å². The molecule has 0 radical (unpaired) electrons. The fourth-order valence-electron chi connectivity index (χ4n) is 1.11. The molecule has 0 fully saturated rings. The molecule has 1 heterocycles. The number of aromatic nitrogens is 2. The van der Waals surface area contributed by atoms with Crippen molar-refractivity contribution in [2.24, 2.45) is 7.05 Å². The number of rotatable bonds is 0. The second-order valence-corrected chi connectivity index (χ2v) is 2.49. The van der Waals surface area contributed by atoms with E-state index in [1.165, 1.54) is 12.1 Å². The second kappa shape index (κ2) is 2.05. The summed E-state index contributed by atoms with van der Waals surface area (Å²) in [6.07, 6.45) is 1.67. The highest BCUT2D eigenvalue weighted by Crippen LogP contribution is 2.11. The first kappa shape index (κ1) is 6.34. The first-order valence-corrected chi connectivity index (χ1v) is 3.34. The lowest BCUT2D eigenvalue weighted by molar-refractivity contribution is 0.629. The summed E-state index contributed by atoms with van der Waals surface area (Å²) in [6.45, 7) is 0. The minimum Gasteiger partial charge on any atom is -0.334 e. The molecule has 0 saturated heterocycles. The molecule has 0 saturated carbocycles. The Hall–Kier alpha value is -1.38. The highest BCUT2D eigenvalue weighted by Gasteiger charge is 1.98. The van der Waals surface area contributed by atoms with Crippen molar-refractivity contribution in [1.29, 1.82) is 0 Å². The molecule has 2 aromatic rings. The van der Waals surface area contributed by atoms with E-state index in [1.807, 2.05) is 11.6 Å². The van der Waals surface area contributed by atoms with Crippen LogP contribution in [-0.2, 0) is 7.05 Å². The van der Waals surface area contributed by atoms with Crippen LogP contribution >= 0.6 is 0 Å². The summed E-state index contributed by atoms with van der Waals surface area (Å²) in [7, 11) is 1.88. The summed E-state index contributed by atoms with van der Waals surface area (Å²) in [5.74, 6) is -0.240. The molecule has 0 amide bonds. The number of imidazole rings is 1. The topological polar surface area (TPSA) is 17.8 Å². The normalized spacial score (nSPS) is 10.7. The third kappa shape index (κ3) is 0.888. The zero-order chi connectivity index (χ0) is 7.84. The van der Waals surface area contributed by atoms with Crippen molar-refractivity contribution in [3.63, 3.8) is 0 Å². The molecule has 0 spiro atoms. The number of benzene rings is 1.